The second-order valence-electron chi connectivity index (χ2n) is 13.7. The number of benzene rings is 8. The topological polar surface area (TPSA) is 43.9 Å². The van der Waals surface area contributed by atoms with Crippen molar-refractivity contribution in [2.24, 2.45) is 0 Å². The van der Waals surface area contributed by atoms with Crippen LogP contribution in [-0.4, -0.2) is 14.5 Å². The van der Waals surface area contributed by atoms with Crippen molar-refractivity contribution in [3.63, 3.8) is 0 Å². The number of hydrogen-bond donors (Lipinski definition) is 0. The van der Waals surface area contributed by atoms with E-state index in [0.29, 0.717) is 5.95 Å². The fourth-order valence-corrected chi connectivity index (χ4v) is 9.63. The van der Waals surface area contributed by atoms with Crippen molar-refractivity contribution in [3.05, 3.63) is 164 Å². The van der Waals surface area contributed by atoms with Crippen molar-refractivity contribution in [3.8, 4) is 28.3 Å². The fourth-order valence-electron chi connectivity index (χ4n) is 8.39. The van der Waals surface area contributed by atoms with E-state index in [9.17, 15) is 0 Å². The van der Waals surface area contributed by atoms with Gasteiger partial charge in [-0.3, -0.25) is 4.57 Å². The molecule has 0 saturated heterocycles. The third-order valence-corrected chi connectivity index (χ3v) is 12.0. The summed E-state index contributed by atoms with van der Waals surface area (Å²) >= 11 is 1.86. The molecular weight excluding hydrogens is 667 g/mol. The van der Waals surface area contributed by atoms with Crippen LogP contribution in [0.25, 0.3) is 114 Å². The van der Waals surface area contributed by atoms with Crippen molar-refractivity contribution in [1.82, 2.24) is 14.5 Å². The first-order chi connectivity index (χ1) is 26.3. The van der Waals surface area contributed by atoms with Gasteiger partial charge in [0.25, 0.3) is 0 Å². The normalized spacial score (nSPS) is 12.2. The SMILES string of the molecule is c1ccc2cc(-c3nc(-n4c5ccccc5c5ccc6oc7ccc(-c8cccc9c8sc8ccccc89)cc7c6c54)nc4ccccc34)ccc2c1. The maximum Gasteiger partial charge on any atom is 0.235 e. The van der Waals surface area contributed by atoms with E-state index in [-0.39, 0.29) is 0 Å². The zero-order valence-electron chi connectivity index (χ0n) is 28.2. The number of fused-ring (bicyclic) bond motifs is 12. The Balaban J connectivity index is 1.17. The monoisotopic (exact) mass is 693 g/mol. The van der Waals surface area contributed by atoms with Crippen LogP contribution in [0, 0.1) is 0 Å². The maximum atomic E-state index is 6.63. The summed E-state index contributed by atoms with van der Waals surface area (Å²) in [4.78, 5) is 10.7. The van der Waals surface area contributed by atoms with Gasteiger partial charge in [0.05, 0.1) is 27.6 Å². The highest BCUT2D eigenvalue weighted by atomic mass is 32.1. The van der Waals surface area contributed by atoms with Crippen molar-refractivity contribution in [1.29, 1.82) is 0 Å². The van der Waals surface area contributed by atoms with Gasteiger partial charge < -0.3 is 4.42 Å². The number of para-hydroxylation sites is 2. The second kappa shape index (κ2) is 10.8. The first-order valence-corrected chi connectivity index (χ1v) is 18.6. The summed E-state index contributed by atoms with van der Waals surface area (Å²) in [6, 6.07) is 58.2. The molecule has 12 rings (SSSR count). The quantitative estimate of drug-likeness (QED) is 0.185. The molecule has 0 N–H and O–H groups in total. The predicted molar refractivity (Wildman–Crippen MR) is 222 cm³/mol. The highest BCUT2D eigenvalue weighted by molar-refractivity contribution is 7.26. The van der Waals surface area contributed by atoms with Gasteiger partial charge >= 0.3 is 0 Å². The Morgan fingerprint density at radius 2 is 1.25 bits per heavy atom. The van der Waals surface area contributed by atoms with E-state index in [2.05, 4.69) is 168 Å². The van der Waals surface area contributed by atoms with Gasteiger partial charge in [0, 0.05) is 47.3 Å². The molecule has 4 nitrogen and oxygen atoms in total. The van der Waals surface area contributed by atoms with Crippen molar-refractivity contribution in [2.45, 2.75) is 0 Å². The Bertz CT molecular complexity index is 3480. The zero-order chi connectivity index (χ0) is 34.6. The van der Waals surface area contributed by atoms with Crippen LogP contribution in [0.4, 0.5) is 0 Å². The third kappa shape index (κ3) is 4.17. The smallest absolute Gasteiger partial charge is 0.235 e. The van der Waals surface area contributed by atoms with Crippen LogP contribution in [0.3, 0.4) is 0 Å². The van der Waals surface area contributed by atoms with Crippen molar-refractivity contribution >= 4 is 96.9 Å². The Labute approximate surface area is 306 Å². The molecule has 0 radical (unpaired) electrons. The van der Waals surface area contributed by atoms with Gasteiger partial charge in [0.2, 0.25) is 5.95 Å². The summed E-state index contributed by atoms with van der Waals surface area (Å²) in [6.45, 7) is 0. The molecule has 0 bridgehead atoms. The molecule has 12 aromatic rings. The Hall–Kier alpha value is -6.82. The van der Waals surface area contributed by atoms with Gasteiger partial charge in [-0.05, 0) is 70.4 Å². The zero-order valence-corrected chi connectivity index (χ0v) is 29.1. The van der Waals surface area contributed by atoms with Crippen molar-refractivity contribution < 1.29 is 4.42 Å². The van der Waals surface area contributed by atoms with Gasteiger partial charge in [-0.1, -0.05) is 115 Å². The number of nitrogens with zero attached hydrogens (tertiary/aromatic N) is 3. The van der Waals surface area contributed by atoms with Gasteiger partial charge in [-0.15, -0.1) is 11.3 Å². The van der Waals surface area contributed by atoms with Crippen LogP contribution in [0.15, 0.2) is 168 Å². The van der Waals surface area contributed by atoms with Gasteiger partial charge in [0.1, 0.15) is 11.2 Å². The summed E-state index contributed by atoms with van der Waals surface area (Å²) in [7, 11) is 0. The lowest BCUT2D eigenvalue weighted by molar-refractivity contribution is 0.669. The van der Waals surface area contributed by atoms with Crippen LogP contribution < -0.4 is 0 Å². The number of furan rings is 1. The lowest BCUT2D eigenvalue weighted by atomic mass is 10.00. The van der Waals surface area contributed by atoms with E-state index < -0.39 is 0 Å². The first kappa shape index (κ1) is 28.8. The fraction of sp³-hybridized carbons (Fsp3) is 0. The molecule has 0 fully saturated rings. The number of hydrogen-bond acceptors (Lipinski definition) is 4. The number of thiophene rings is 1. The molecule has 53 heavy (non-hydrogen) atoms. The molecule has 0 spiro atoms. The molecule has 246 valence electrons. The van der Waals surface area contributed by atoms with Crippen LogP contribution in [-0.2, 0) is 0 Å². The highest BCUT2D eigenvalue weighted by Crippen LogP contribution is 2.44. The summed E-state index contributed by atoms with van der Waals surface area (Å²) in [6.07, 6.45) is 0. The average molecular weight is 694 g/mol. The molecule has 4 heterocycles. The van der Waals surface area contributed by atoms with Crippen molar-refractivity contribution in [2.75, 3.05) is 0 Å². The molecule has 8 aromatic carbocycles. The Morgan fingerprint density at radius 1 is 0.491 bits per heavy atom. The molecule has 5 heteroatoms. The molecule has 4 aromatic heterocycles. The minimum absolute atomic E-state index is 0.631. The molecule has 0 aliphatic heterocycles. The summed E-state index contributed by atoms with van der Waals surface area (Å²) < 4.78 is 11.5. The van der Waals surface area contributed by atoms with E-state index >= 15 is 0 Å². The minimum Gasteiger partial charge on any atom is -0.456 e. The van der Waals surface area contributed by atoms with Crippen LogP contribution >= 0.6 is 11.3 Å². The molecule has 0 aliphatic rings. The minimum atomic E-state index is 0.631. The van der Waals surface area contributed by atoms with Gasteiger partial charge in [0.15, 0.2) is 0 Å². The molecule has 0 aliphatic carbocycles. The molecular formula is C48H27N3OS. The van der Waals surface area contributed by atoms with E-state index in [1.54, 1.807) is 0 Å². The Kier molecular flexibility index (Phi) is 5.90. The largest absolute Gasteiger partial charge is 0.456 e. The lowest BCUT2D eigenvalue weighted by Gasteiger charge is -2.12. The van der Waals surface area contributed by atoms with E-state index in [1.807, 2.05) is 11.3 Å². The summed E-state index contributed by atoms with van der Waals surface area (Å²) in [5.41, 5.74) is 9.04. The second-order valence-corrected chi connectivity index (χ2v) is 14.8. The first-order valence-electron chi connectivity index (χ1n) is 17.8. The summed E-state index contributed by atoms with van der Waals surface area (Å²) in [5, 5.41) is 10.4. The van der Waals surface area contributed by atoms with Crippen LogP contribution in [0.5, 0.6) is 0 Å². The van der Waals surface area contributed by atoms with Crippen LogP contribution in [0.2, 0.25) is 0 Å². The number of rotatable bonds is 3. The van der Waals surface area contributed by atoms with E-state index in [1.165, 1.54) is 36.5 Å². The average Bonchev–Trinajstić information content (AvgIpc) is 3.89. The number of aromatic nitrogens is 3. The van der Waals surface area contributed by atoms with E-state index in [4.69, 9.17) is 14.4 Å². The third-order valence-electron chi connectivity index (χ3n) is 10.8. The maximum absolute atomic E-state index is 6.63. The standard InChI is InChI=1S/C48H27N3OS/c1-2-11-29-26-31(21-20-28(29)10-1)45-37-14-3-6-17-39(37)49-48(50-45)51-40-18-7-4-12-33(40)35-23-25-42-44(46(35)51)38-27-30(22-24-41(38)52-42)32-15-9-16-36-34-13-5-8-19-43(34)53-47(32)36/h1-27H. The predicted octanol–water partition coefficient (Wildman–Crippen LogP) is 13.5. The highest BCUT2D eigenvalue weighted by Gasteiger charge is 2.22. The van der Waals surface area contributed by atoms with Crippen LogP contribution in [0.1, 0.15) is 0 Å². The van der Waals surface area contributed by atoms with Gasteiger partial charge in [-0.25, -0.2) is 9.97 Å². The summed E-state index contributed by atoms with van der Waals surface area (Å²) in [5.74, 6) is 0.631. The molecule has 0 amide bonds. The van der Waals surface area contributed by atoms with Gasteiger partial charge in [-0.2, -0.15) is 0 Å². The lowest BCUT2D eigenvalue weighted by Crippen LogP contribution is -2.03. The van der Waals surface area contributed by atoms with E-state index in [0.717, 1.165) is 71.5 Å². The molecule has 0 unspecified atom stereocenters. The Morgan fingerprint density at radius 3 is 2.19 bits per heavy atom. The molecule has 0 atom stereocenters. The molecule has 0 saturated carbocycles.